The summed E-state index contributed by atoms with van der Waals surface area (Å²) in [5.41, 5.74) is 0. The van der Waals surface area contributed by atoms with Crippen molar-refractivity contribution in [2.24, 2.45) is 11.8 Å². The van der Waals surface area contributed by atoms with E-state index in [0.29, 0.717) is 0 Å². The largest absolute Gasteiger partial charge is 0.0928 e. The predicted molar refractivity (Wildman–Crippen MR) is 58.8 cm³/mol. The van der Waals surface area contributed by atoms with Gasteiger partial charge in [-0.15, -0.1) is 0 Å². The minimum atomic E-state index is 0.975. The molecule has 1 aliphatic carbocycles. The first-order chi connectivity index (χ1) is 5.84. The summed E-state index contributed by atoms with van der Waals surface area (Å²) in [6, 6.07) is 0. The topological polar surface area (TPSA) is 0 Å². The lowest BCUT2D eigenvalue weighted by Crippen LogP contribution is -2.15. The van der Waals surface area contributed by atoms with E-state index in [9.17, 15) is 0 Å². The number of rotatable bonds is 4. The van der Waals surface area contributed by atoms with E-state index in [1.165, 1.54) is 50.3 Å². The second-order valence-corrected chi connectivity index (χ2v) is 5.00. The Balaban J connectivity index is 2.15. The predicted octanol–water partition coefficient (Wildman–Crippen LogP) is 4.38. The molecule has 1 saturated carbocycles. The zero-order valence-corrected chi connectivity index (χ0v) is 9.78. The molecule has 0 aromatic rings. The van der Waals surface area contributed by atoms with Crippen LogP contribution in [0.5, 0.6) is 0 Å². The first kappa shape index (κ1) is 10.6. The molecule has 1 fully saturated rings. The lowest BCUT2D eigenvalue weighted by atomic mass is 9.79. The second kappa shape index (κ2) is 6.01. The summed E-state index contributed by atoms with van der Waals surface area (Å²) in [4.78, 5) is 0. The normalized spacial score (nSPS) is 22.5. The Bertz CT molecular complexity index is 106. The third-order valence-electron chi connectivity index (χ3n) is 3.25. The zero-order valence-electron chi connectivity index (χ0n) is 8.19. The van der Waals surface area contributed by atoms with Gasteiger partial charge in [-0.1, -0.05) is 55.0 Å². The highest BCUT2D eigenvalue weighted by Gasteiger charge is 2.18. The molecule has 1 aliphatic rings. The maximum Gasteiger partial charge on any atom is 0.00314 e. The molecule has 0 aromatic heterocycles. The molecule has 0 aliphatic heterocycles. The average molecular weight is 233 g/mol. The quantitative estimate of drug-likeness (QED) is 0.632. The summed E-state index contributed by atoms with van der Waals surface area (Å²) < 4.78 is 0. The Hall–Kier alpha value is 0.480. The van der Waals surface area contributed by atoms with Crippen LogP contribution in [0.3, 0.4) is 0 Å². The van der Waals surface area contributed by atoms with E-state index >= 15 is 0 Å². The Morgan fingerprint density at radius 1 is 1.25 bits per heavy atom. The summed E-state index contributed by atoms with van der Waals surface area (Å²) in [5.74, 6) is 2.03. The molecular formula is C11H21Br. The number of hydrogen-bond acceptors (Lipinski definition) is 0. The molecule has 72 valence electrons. The van der Waals surface area contributed by atoms with Crippen molar-refractivity contribution in [2.75, 3.05) is 5.33 Å². The van der Waals surface area contributed by atoms with Gasteiger partial charge in [-0.25, -0.2) is 0 Å². The fraction of sp³-hybridized carbons (Fsp3) is 1.00. The molecule has 0 nitrogen and oxygen atoms in total. The van der Waals surface area contributed by atoms with Crippen LogP contribution in [-0.4, -0.2) is 5.33 Å². The fourth-order valence-corrected chi connectivity index (χ4v) is 2.66. The zero-order chi connectivity index (χ0) is 8.81. The van der Waals surface area contributed by atoms with Gasteiger partial charge in [-0.2, -0.15) is 0 Å². The van der Waals surface area contributed by atoms with Gasteiger partial charge in [-0.3, -0.25) is 0 Å². The molecule has 1 atom stereocenters. The van der Waals surface area contributed by atoms with Crippen molar-refractivity contribution in [3.63, 3.8) is 0 Å². The molecule has 1 heteroatoms. The van der Waals surface area contributed by atoms with Crippen LogP contribution in [0.1, 0.15) is 51.9 Å². The summed E-state index contributed by atoms with van der Waals surface area (Å²) in [7, 11) is 0. The van der Waals surface area contributed by atoms with Gasteiger partial charge in [0, 0.05) is 5.33 Å². The highest BCUT2D eigenvalue weighted by Crippen LogP contribution is 2.31. The monoisotopic (exact) mass is 232 g/mol. The van der Waals surface area contributed by atoms with Crippen molar-refractivity contribution in [3.8, 4) is 0 Å². The summed E-state index contributed by atoms with van der Waals surface area (Å²) in [6.45, 7) is 2.44. The molecular weight excluding hydrogens is 212 g/mol. The highest BCUT2D eigenvalue weighted by atomic mass is 79.9. The molecule has 0 radical (unpaired) electrons. The van der Waals surface area contributed by atoms with Crippen molar-refractivity contribution in [2.45, 2.75) is 51.9 Å². The standard InChI is InChI=1S/C11H21Br/c1-10(6-5-9-12)11-7-3-2-4-8-11/h10-11H,2-9H2,1H3/t10-/m0/s1. The van der Waals surface area contributed by atoms with Crippen LogP contribution in [0.4, 0.5) is 0 Å². The van der Waals surface area contributed by atoms with E-state index in [0.717, 1.165) is 11.8 Å². The number of alkyl halides is 1. The smallest absolute Gasteiger partial charge is 0.00314 e. The van der Waals surface area contributed by atoms with E-state index in [4.69, 9.17) is 0 Å². The minimum absolute atomic E-state index is 0.975. The molecule has 0 bridgehead atoms. The van der Waals surface area contributed by atoms with E-state index in [2.05, 4.69) is 22.9 Å². The maximum atomic E-state index is 3.50. The summed E-state index contributed by atoms with van der Waals surface area (Å²) >= 11 is 3.50. The second-order valence-electron chi connectivity index (χ2n) is 4.21. The minimum Gasteiger partial charge on any atom is -0.0928 e. The molecule has 0 heterocycles. The molecule has 0 spiro atoms. The first-order valence-electron chi connectivity index (χ1n) is 5.40. The SMILES string of the molecule is C[C@@H](CCCBr)C1CCCCC1. The van der Waals surface area contributed by atoms with Gasteiger partial charge in [-0.05, 0) is 24.7 Å². The van der Waals surface area contributed by atoms with Gasteiger partial charge in [0.1, 0.15) is 0 Å². The van der Waals surface area contributed by atoms with Crippen molar-refractivity contribution in [1.82, 2.24) is 0 Å². The molecule has 0 saturated heterocycles. The fourth-order valence-electron chi connectivity index (χ4n) is 2.34. The van der Waals surface area contributed by atoms with Crippen LogP contribution in [0.2, 0.25) is 0 Å². The Kier molecular flexibility index (Phi) is 5.29. The highest BCUT2D eigenvalue weighted by molar-refractivity contribution is 9.09. The van der Waals surface area contributed by atoms with E-state index in [-0.39, 0.29) is 0 Å². The van der Waals surface area contributed by atoms with Crippen molar-refractivity contribution >= 4 is 15.9 Å². The number of hydrogen-bond donors (Lipinski definition) is 0. The lowest BCUT2D eigenvalue weighted by Gasteiger charge is -2.27. The number of halogens is 1. The van der Waals surface area contributed by atoms with Gasteiger partial charge in [0.25, 0.3) is 0 Å². The van der Waals surface area contributed by atoms with Crippen LogP contribution in [0, 0.1) is 11.8 Å². The van der Waals surface area contributed by atoms with E-state index < -0.39 is 0 Å². The van der Waals surface area contributed by atoms with Gasteiger partial charge in [0.2, 0.25) is 0 Å². The molecule has 0 unspecified atom stereocenters. The van der Waals surface area contributed by atoms with Gasteiger partial charge in [0.15, 0.2) is 0 Å². The Labute approximate surface area is 85.3 Å². The molecule has 12 heavy (non-hydrogen) atoms. The van der Waals surface area contributed by atoms with Crippen LogP contribution >= 0.6 is 15.9 Å². The molecule has 0 N–H and O–H groups in total. The average Bonchev–Trinajstić information content (AvgIpc) is 2.15. The van der Waals surface area contributed by atoms with Gasteiger partial charge < -0.3 is 0 Å². The van der Waals surface area contributed by atoms with E-state index in [1.54, 1.807) is 0 Å². The Morgan fingerprint density at radius 2 is 1.92 bits per heavy atom. The van der Waals surface area contributed by atoms with Gasteiger partial charge in [0.05, 0.1) is 0 Å². The van der Waals surface area contributed by atoms with Crippen LogP contribution in [0.25, 0.3) is 0 Å². The van der Waals surface area contributed by atoms with Crippen LogP contribution in [-0.2, 0) is 0 Å². The summed E-state index contributed by atoms with van der Waals surface area (Å²) in [5, 5.41) is 1.18. The first-order valence-corrected chi connectivity index (χ1v) is 6.52. The van der Waals surface area contributed by atoms with Gasteiger partial charge >= 0.3 is 0 Å². The molecule has 0 amide bonds. The van der Waals surface area contributed by atoms with Crippen molar-refractivity contribution in [1.29, 1.82) is 0 Å². The summed E-state index contributed by atoms with van der Waals surface area (Å²) in [6.07, 6.45) is 10.3. The van der Waals surface area contributed by atoms with E-state index in [1.807, 2.05) is 0 Å². The van der Waals surface area contributed by atoms with Crippen LogP contribution < -0.4 is 0 Å². The van der Waals surface area contributed by atoms with Crippen molar-refractivity contribution < 1.29 is 0 Å². The third-order valence-corrected chi connectivity index (χ3v) is 3.81. The molecule has 1 rings (SSSR count). The maximum absolute atomic E-state index is 3.50. The Morgan fingerprint density at radius 3 is 2.50 bits per heavy atom. The lowest BCUT2D eigenvalue weighted by molar-refractivity contribution is 0.251. The van der Waals surface area contributed by atoms with Crippen LogP contribution in [0.15, 0.2) is 0 Å². The molecule has 0 aromatic carbocycles. The van der Waals surface area contributed by atoms with Crippen molar-refractivity contribution in [3.05, 3.63) is 0 Å². The third kappa shape index (κ3) is 3.47.